The lowest BCUT2D eigenvalue weighted by Gasteiger charge is -2.22. The molecule has 3 heterocycles. The Bertz CT molecular complexity index is 1150. The third-order valence-corrected chi connectivity index (χ3v) is 5.66. The van der Waals surface area contributed by atoms with Crippen molar-refractivity contribution in [2.45, 2.75) is 32.0 Å². The lowest BCUT2D eigenvalue weighted by molar-refractivity contribution is -0.146. The topological polar surface area (TPSA) is 76.0 Å². The fraction of sp³-hybridized carbons (Fsp3) is 0.318. The van der Waals surface area contributed by atoms with E-state index in [0.29, 0.717) is 13.1 Å². The summed E-state index contributed by atoms with van der Waals surface area (Å²) in [6.07, 6.45) is 1.82. The van der Waals surface area contributed by atoms with Gasteiger partial charge in [0.05, 0.1) is 42.3 Å². The molecule has 29 heavy (non-hydrogen) atoms. The molecule has 0 saturated carbocycles. The van der Waals surface area contributed by atoms with Crippen LogP contribution in [0.1, 0.15) is 24.5 Å². The summed E-state index contributed by atoms with van der Waals surface area (Å²) in [4.78, 5) is 27.3. The van der Waals surface area contributed by atoms with Gasteiger partial charge in [-0.3, -0.25) is 9.69 Å². The monoisotopic (exact) mass is 389 g/mol. The third kappa shape index (κ3) is 3.27. The number of para-hydroxylation sites is 4. The Morgan fingerprint density at radius 2 is 1.90 bits per heavy atom. The van der Waals surface area contributed by atoms with Crippen LogP contribution >= 0.6 is 0 Å². The van der Waals surface area contributed by atoms with E-state index in [1.165, 1.54) is 7.11 Å². The number of rotatable bonds is 5. The van der Waals surface area contributed by atoms with Gasteiger partial charge >= 0.3 is 5.97 Å². The number of aromatic amines is 1. The van der Waals surface area contributed by atoms with Crippen LogP contribution in [0.3, 0.4) is 0 Å². The van der Waals surface area contributed by atoms with Crippen molar-refractivity contribution in [3.05, 3.63) is 60.2 Å². The van der Waals surface area contributed by atoms with E-state index < -0.39 is 0 Å². The number of esters is 1. The van der Waals surface area contributed by atoms with Crippen molar-refractivity contribution in [2.24, 2.45) is 0 Å². The second kappa shape index (κ2) is 7.33. The van der Waals surface area contributed by atoms with Crippen LogP contribution in [0.15, 0.2) is 48.5 Å². The maximum Gasteiger partial charge on any atom is 0.323 e. The number of aromatic nitrogens is 4. The third-order valence-electron chi connectivity index (χ3n) is 5.66. The molecule has 1 aliphatic rings. The molecule has 0 radical (unpaired) electrons. The van der Waals surface area contributed by atoms with Crippen molar-refractivity contribution in [2.75, 3.05) is 13.7 Å². The van der Waals surface area contributed by atoms with Gasteiger partial charge in [-0.05, 0) is 43.7 Å². The largest absolute Gasteiger partial charge is 0.468 e. The zero-order chi connectivity index (χ0) is 19.8. The average Bonchev–Trinajstić information content (AvgIpc) is 3.45. The second-order valence-electron chi connectivity index (χ2n) is 7.46. The lowest BCUT2D eigenvalue weighted by atomic mass is 10.2. The van der Waals surface area contributed by atoms with E-state index in [0.717, 1.165) is 53.1 Å². The molecule has 1 atom stereocenters. The van der Waals surface area contributed by atoms with Gasteiger partial charge in [0.25, 0.3) is 0 Å². The summed E-state index contributed by atoms with van der Waals surface area (Å²) in [6, 6.07) is 16.0. The molecule has 0 bridgehead atoms. The summed E-state index contributed by atoms with van der Waals surface area (Å²) in [6.45, 7) is 2.07. The maximum atomic E-state index is 12.2. The minimum atomic E-state index is -0.195. The van der Waals surface area contributed by atoms with Crippen LogP contribution < -0.4 is 0 Å². The van der Waals surface area contributed by atoms with E-state index in [1.54, 1.807) is 0 Å². The Hall–Kier alpha value is -3.19. The van der Waals surface area contributed by atoms with E-state index in [2.05, 4.69) is 20.5 Å². The molecule has 148 valence electrons. The normalized spacial score (nSPS) is 17.3. The number of benzene rings is 2. The molecule has 1 N–H and O–H groups in total. The number of carbonyl (C=O) groups is 1. The molecule has 1 fully saturated rings. The number of nitrogens with one attached hydrogen (secondary N) is 1. The second-order valence-corrected chi connectivity index (χ2v) is 7.46. The van der Waals surface area contributed by atoms with Crippen LogP contribution in [0.4, 0.5) is 0 Å². The molecule has 1 aliphatic heterocycles. The minimum Gasteiger partial charge on any atom is -0.468 e. The molecule has 7 heteroatoms. The van der Waals surface area contributed by atoms with Crippen molar-refractivity contribution in [3.8, 4) is 0 Å². The summed E-state index contributed by atoms with van der Waals surface area (Å²) in [5, 5.41) is 0. The molecule has 1 saturated heterocycles. The van der Waals surface area contributed by atoms with E-state index in [-0.39, 0.29) is 12.0 Å². The van der Waals surface area contributed by atoms with Gasteiger partial charge in [0.2, 0.25) is 0 Å². The number of fused-ring (bicyclic) bond motifs is 2. The number of hydrogen-bond acceptors (Lipinski definition) is 5. The van der Waals surface area contributed by atoms with Crippen molar-refractivity contribution in [1.29, 1.82) is 0 Å². The van der Waals surface area contributed by atoms with Gasteiger partial charge in [0.15, 0.2) is 0 Å². The first-order valence-electron chi connectivity index (χ1n) is 9.92. The molecular weight excluding hydrogens is 366 g/mol. The number of likely N-dealkylation sites (tertiary alicyclic amines) is 1. The standard InChI is InChI=1S/C22H23N5O2/c1-29-22(28)19-11-6-12-26(19)14-21-25-17-9-4-5-10-18(17)27(21)13-20-23-15-7-2-3-8-16(15)24-20/h2-5,7-10,19H,6,11-14H2,1H3,(H,23,24). The number of ether oxygens (including phenoxy) is 1. The van der Waals surface area contributed by atoms with Crippen molar-refractivity contribution in [1.82, 2.24) is 24.4 Å². The first-order chi connectivity index (χ1) is 14.2. The first kappa shape index (κ1) is 17.9. The Labute approximate surface area is 168 Å². The Morgan fingerprint density at radius 1 is 1.10 bits per heavy atom. The summed E-state index contributed by atoms with van der Waals surface area (Å²) in [7, 11) is 1.45. The molecule has 0 amide bonds. The highest BCUT2D eigenvalue weighted by molar-refractivity contribution is 5.77. The Morgan fingerprint density at radius 3 is 2.72 bits per heavy atom. The minimum absolute atomic E-state index is 0.164. The SMILES string of the molecule is COC(=O)C1CCCN1Cc1nc2ccccc2n1Cc1nc2ccccc2[nH]1. The number of hydrogen-bond donors (Lipinski definition) is 1. The smallest absolute Gasteiger partial charge is 0.323 e. The molecule has 4 aromatic rings. The van der Waals surface area contributed by atoms with Crippen LogP contribution in [0.2, 0.25) is 0 Å². The van der Waals surface area contributed by atoms with Gasteiger partial charge < -0.3 is 14.3 Å². The predicted molar refractivity (Wildman–Crippen MR) is 110 cm³/mol. The van der Waals surface area contributed by atoms with Crippen LogP contribution in [-0.4, -0.2) is 50.1 Å². The van der Waals surface area contributed by atoms with Crippen LogP contribution in [0, 0.1) is 0 Å². The molecule has 1 unspecified atom stereocenters. The average molecular weight is 389 g/mol. The number of imidazole rings is 2. The van der Waals surface area contributed by atoms with E-state index in [9.17, 15) is 4.79 Å². The van der Waals surface area contributed by atoms with Gasteiger partial charge in [-0.1, -0.05) is 24.3 Å². The number of carbonyl (C=O) groups excluding carboxylic acids is 1. The quantitative estimate of drug-likeness (QED) is 0.531. The number of nitrogens with zero attached hydrogens (tertiary/aromatic N) is 4. The van der Waals surface area contributed by atoms with E-state index in [1.807, 2.05) is 42.5 Å². The van der Waals surface area contributed by atoms with Gasteiger partial charge in [0, 0.05) is 0 Å². The zero-order valence-electron chi connectivity index (χ0n) is 16.3. The Balaban J connectivity index is 1.51. The highest BCUT2D eigenvalue weighted by Gasteiger charge is 2.32. The van der Waals surface area contributed by atoms with Crippen molar-refractivity contribution in [3.63, 3.8) is 0 Å². The summed E-state index contributed by atoms with van der Waals surface area (Å²) < 4.78 is 7.19. The summed E-state index contributed by atoms with van der Waals surface area (Å²) in [5.41, 5.74) is 4.00. The predicted octanol–water partition coefficient (Wildman–Crippen LogP) is 3.10. The molecule has 2 aromatic heterocycles. The zero-order valence-corrected chi connectivity index (χ0v) is 16.3. The van der Waals surface area contributed by atoms with Crippen LogP contribution in [0.25, 0.3) is 22.1 Å². The molecule has 0 aliphatic carbocycles. The molecule has 0 spiro atoms. The number of methoxy groups -OCH3 is 1. The fourth-order valence-electron chi connectivity index (χ4n) is 4.25. The van der Waals surface area contributed by atoms with Gasteiger partial charge in [-0.25, -0.2) is 9.97 Å². The maximum absolute atomic E-state index is 12.2. The molecular formula is C22H23N5O2. The highest BCUT2D eigenvalue weighted by Crippen LogP contribution is 2.24. The lowest BCUT2D eigenvalue weighted by Crippen LogP contribution is -2.37. The van der Waals surface area contributed by atoms with Crippen LogP contribution in [-0.2, 0) is 22.6 Å². The summed E-state index contributed by atoms with van der Waals surface area (Å²) >= 11 is 0. The Kier molecular flexibility index (Phi) is 4.52. The fourth-order valence-corrected chi connectivity index (χ4v) is 4.25. The first-order valence-corrected chi connectivity index (χ1v) is 9.92. The van der Waals surface area contributed by atoms with Crippen molar-refractivity contribution < 1.29 is 9.53 Å². The number of H-pyrrole nitrogens is 1. The van der Waals surface area contributed by atoms with Crippen LogP contribution in [0.5, 0.6) is 0 Å². The molecule has 2 aromatic carbocycles. The van der Waals surface area contributed by atoms with E-state index >= 15 is 0 Å². The van der Waals surface area contributed by atoms with Gasteiger partial charge in [-0.15, -0.1) is 0 Å². The van der Waals surface area contributed by atoms with Gasteiger partial charge in [0.1, 0.15) is 17.7 Å². The summed E-state index contributed by atoms with van der Waals surface area (Å²) in [5.74, 6) is 1.66. The van der Waals surface area contributed by atoms with E-state index in [4.69, 9.17) is 14.7 Å². The molecule has 5 rings (SSSR count). The van der Waals surface area contributed by atoms with Crippen molar-refractivity contribution >= 4 is 28.0 Å². The molecule has 7 nitrogen and oxygen atoms in total. The van der Waals surface area contributed by atoms with Gasteiger partial charge in [-0.2, -0.15) is 0 Å². The highest BCUT2D eigenvalue weighted by atomic mass is 16.5.